The van der Waals surface area contributed by atoms with Crippen LogP contribution >= 0.6 is 0 Å². The van der Waals surface area contributed by atoms with E-state index < -0.39 is 5.91 Å². The quantitative estimate of drug-likeness (QED) is 0.667. The van der Waals surface area contributed by atoms with Crippen LogP contribution < -0.4 is 14.8 Å². The molecule has 0 spiro atoms. The third-order valence-corrected chi connectivity index (χ3v) is 3.72. The van der Waals surface area contributed by atoms with E-state index in [1.807, 2.05) is 11.0 Å². The summed E-state index contributed by atoms with van der Waals surface area (Å²) in [6, 6.07) is 7.07. The number of piperidine rings is 1. The summed E-state index contributed by atoms with van der Waals surface area (Å²) in [4.78, 5) is 14.4. The highest BCUT2D eigenvalue weighted by Crippen LogP contribution is 2.29. The number of ether oxygens (including phenoxy) is 2. The standard InChI is InChI=1S/C17H21N3O3/c1-22-14-6-7-16(23-2)15(10-14)19-17(21)13(11-18)12-20-8-4-3-5-9-20/h6-7,10,12H,3-5,8-9H2,1-2H3,(H,19,21)/b13-12-. The van der Waals surface area contributed by atoms with E-state index in [4.69, 9.17) is 9.47 Å². The smallest absolute Gasteiger partial charge is 0.267 e. The lowest BCUT2D eigenvalue weighted by molar-refractivity contribution is -0.112. The Hall–Kier alpha value is -2.68. The number of benzene rings is 1. The van der Waals surface area contributed by atoms with Gasteiger partial charge in [0.15, 0.2) is 0 Å². The maximum atomic E-state index is 12.4. The molecule has 2 rings (SSSR count). The van der Waals surface area contributed by atoms with Crippen molar-refractivity contribution in [1.82, 2.24) is 4.90 Å². The SMILES string of the molecule is COc1ccc(OC)c(NC(=O)/C(C#N)=C\N2CCCCC2)c1. The summed E-state index contributed by atoms with van der Waals surface area (Å²) in [5.74, 6) is 0.652. The summed E-state index contributed by atoms with van der Waals surface area (Å²) in [5, 5.41) is 12.0. The van der Waals surface area contributed by atoms with E-state index in [1.54, 1.807) is 31.5 Å². The van der Waals surface area contributed by atoms with E-state index in [1.165, 1.54) is 13.5 Å². The van der Waals surface area contributed by atoms with Crippen molar-refractivity contribution < 1.29 is 14.3 Å². The summed E-state index contributed by atoms with van der Waals surface area (Å²) < 4.78 is 10.4. The van der Waals surface area contributed by atoms with Gasteiger partial charge >= 0.3 is 0 Å². The average molecular weight is 315 g/mol. The number of hydrogen-bond donors (Lipinski definition) is 1. The molecule has 0 atom stereocenters. The Morgan fingerprint density at radius 2 is 2.00 bits per heavy atom. The Morgan fingerprint density at radius 1 is 1.26 bits per heavy atom. The van der Waals surface area contributed by atoms with Gasteiger partial charge in [0.1, 0.15) is 23.1 Å². The van der Waals surface area contributed by atoms with Crippen molar-refractivity contribution in [3.8, 4) is 17.6 Å². The molecule has 1 fully saturated rings. The molecule has 0 radical (unpaired) electrons. The highest BCUT2D eigenvalue weighted by molar-refractivity contribution is 6.07. The lowest BCUT2D eigenvalue weighted by Gasteiger charge is -2.25. The van der Waals surface area contributed by atoms with Crippen LogP contribution in [-0.4, -0.2) is 38.1 Å². The molecule has 0 aliphatic carbocycles. The largest absolute Gasteiger partial charge is 0.497 e. The summed E-state index contributed by atoms with van der Waals surface area (Å²) in [7, 11) is 3.07. The van der Waals surface area contributed by atoms with Gasteiger partial charge in [0.25, 0.3) is 5.91 Å². The minimum absolute atomic E-state index is 0.0803. The van der Waals surface area contributed by atoms with Gasteiger partial charge in [0.2, 0.25) is 0 Å². The molecule has 23 heavy (non-hydrogen) atoms. The number of carbonyl (C=O) groups is 1. The number of rotatable bonds is 5. The van der Waals surface area contributed by atoms with Gasteiger partial charge in [0.05, 0.1) is 19.9 Å². The van der Waals surface area contributed by atoms with Crippen LogP contribution in [0.15, 0.2) is 30.0 Å². The van der Waals surface area contributed by atoms with Gasteiger partial charge in [-0.25, -0.2) is 0 Å². The normalized spacial score (nSPS) is 14.8. The van der Waals surface area contributed by atoms with E-state index in [2.05, 4.69) is 5.32 Å². The molecule has 1 aliphatic rings. The minimum Gasteiger partial charge on any atom is -0.497 e. The maximum absolute atomic E-state index is 12.4. The van der Waals surface area contributed by atoms with E-state index in [0.29, 0.717) is 17.2 Å². The van der Waals surface area contributed by atoms with Gasteiger partial charge in [0, 0.05) is 25.4 Å². The Labute approximate surface area is 136 Å². The van der Waals surface area contributed by atoms with Crippen molar-refractivity contribution in [2.75, 3.05) is 32.6 Å². The molecule has 0 unspecified atom stereocenters. The van der Waals surface area contributed by atoms with Crippen LogP contribution in [0, 0.1) is 11.3 Å². The van der Waals surface area contributed by atoms with Crippen molar-refractivity contribution in [2.45, 2.75) is 19.3 Å². The molecule has 1 aliphatic heterocycles. The van der Waals surface area contributed by atoms with Gasteiger partial charge in [-0.15, -0.1) is 0 Å². The fourth-order valence-electron chi connectivity index (χ4n) is 2.47. The lowest BCUT2D eigenvalue weighted by Crippen LogP contribution is -2.26. The first kappa shape index (κ1) is 16.7. The molecule has 0 bridgehead atoms. The summed E-state index contributed by atoms with van der Waals surface area (Å²) in [5.41, 5.74) is 0.549. The first-order valence-corrected chi connectivity index (χ1v) is 7.57. The number of likely N-dealkylation sites (tertiary alicyclic amines) is 1. The predicted octanol–water partition coefficient (Wildman–Crippen LogP) is 2.54. The molecule has 1 amide bonds. The summed E-state index contributed by atoms with van der Waals surface area (Å²) in [6.07, 6.45) is 5.00. The number of nitriles is 1. The molecule has 1 heterocycles. The van der Waals surface area contributed by atoms with Gasteiger partial charge in [-0.1, -0.05) is 0 Å². The zero-order valence-corrected chi connectivity index (χ0v) is 13.5. The number of nitrogens with one attached hydrogen (secondary N) is 1. The minimum atomic E-state index is -0.454. The summed E-state index contributed by atoms with van der Waals surface area (Å²) >= 11 is 0. The zero-order chi connectivity index (χ0) is 16.7. The van der Waals surface area contributed by atoms with E-state index in [0.717, 1.165) is 25.9 Å². The Morgan fingerprint density at radius 3 is 2.61 bits per heavy atom. The highest BCUT2D eigenvalue weighted by Gasteiger charge is 2.15. The fourth-order valence-corrected chi connectivity index (χ4v) is 2.47. The third-order valence-electron chi connectivity index (χ3n) is 3.72. The molecular formula is C17H21N3O3. The Kier molecular flexibility index (Phi) is 5.87. The summed E-state index contributed by atoms with van der Waals surface area (Å²) in [6.45, 7) is 1.75. The number of methoxy groups -OCH3 is 2. The first-order valence-electron chi connectivity index (χ1n) is 7.57. The lowest BCUT2D eigenvalue weighted by atomic mass is 10.1. The Balaban J connectivity index is 2.16. The molecule has 1 N–H and O–H groups in total. The van der Waals surface area contributed by atoms with Crippen molar-refractivity contribution in [1.29, 1.82) is 5.26 Å². The number of carbonyl (C=O) groups excluding carboxylic acids is 1. The number of amides is 1. The molecule has 6 nitrogen and oxygen atoms in total. The number of anilines is 1. The molecular weight excluding hydrogens is 294 g/mol. The number of nitrogens with zero attached hydrogens (tertiary/aromatic N) is 2. The predicted molar refractivity (Wildman–Crippen MR) is 87.3 cm³/mol. The molecule has 122 valence electrons. The molecule has 0 saturated carbocycles. The Bertz CT molecular complexity index is 628. The van der Waals surface area contributed by atoms with Crippen molar-refractivity contribution >= 4 is 11.6 Å². The van der Waals surface area contributed by atoms with Gasteiger partial charge < -0.3 is 19.7 Å². The highest BCUT2D eigenvalue weighted by atomic mass is 16.5. The zero-order valence-electron chi connectivity index (χ0n) is 13.5. The topological polar surface area (TPSA) is 74.6 Å². The van der Waals surface area contributed by atoms with Crippen LogP contribution in [0.5, 0.6) is 11.5 Å². The second-order valence-electron chi connectivity index (χ2n) is 5.27. The van der Waals surface area contributed by atoms with Crippen molar-refractivity contribution in [3.05, 3.63) is 30.0 Å². The molecule has 0 aromatic heterocycles. The second kappa shape index (κ2) is 8.08. The molecule has 1 aromatic carbocycles. The van der Waals surface area contributed by atoms with E-state index >= 15 is 0 Å². The molecule has 6 heteroatoms. The van der Waals surface area contributed by atoms with Crippen LogP contribution in [0.1, 0.15) is 19.3 Å². The van der Waals surface area contributed by atoms with E-state index in [-0.39, 0.29) is 5.57 Å². The van der Waals surface area contributed by atoms with Crippen LogP contribution in [-0.2, 0) is 4.79 Å². The third kappa shape index (κ3) is 4.39. The first-order chi connectivity index (χ1) is 11.2. The molecule has 1 saturated heterocycles. The van der Waals surface area contributed by atoms with Gasteiger partial charge in [-0.05, 0) is 31.4 Å². The van der Waals surface area contributed by atoms with Gasteiger partial charge in [-0.2, -0.15) is 5.26 Å². The monoisotopic (exact) mass is 315 g/mol. The van der Waals surface area contributed by atoms with Crippen LogP contribution in [0.4, 0.5) is 5.69 Å². The number of hydrogen-bond acceptors (Lipinski definition) is 5. The van der Waals surface area contributed by atoms with E-state index in [9.17, 15) is 10.1 Å². The fraction of sp³-hybridized carbons (Fsp3) is 0.412. The van der Waals surface area contributed by atoms with Crippen molar-refractivity contribution in [2.24, 2.45) is 0 Å². The van der Waals surface area contributed by atoms with Crippen LogP contribution in [0.2, 0.25) is 0 Å². The average Bonchev–Trinajstić information content (AvgIpc) is 2.60. The second-order valence-corrected chi connectivity index (χ2v) is 5.27. The van der Waals surface area contributed by atoms with Crippen LogP contribution in [0.25, 0.3) is 0 Å². The van der Waals surface area contributed by atoms with Crippen LogP contribution in [0.3, 0.4) is 0 Å². The maximum Gasteiger partial charge on any atom is 0.267 e. The van der Waals surface area contributed by atoms with Gasteiger partial charge in [-0.3, -0.25) is 4.79 Å². The molecule has 1 aromatic rings. The van der Waals surface area contributed by atoms with Crippen molar-refractivity contribution in [3.63, 3.8) is 0 Å².